The molecule has 0 bridgehead atoms. The lowest BCUT2D eigenvalue weighted by atomic mass is 10.0. The van der Waals surface area contributed by atoms with Gasteiger partial charge in [-0.1, -0.05) is 6.92 Å². The fraction of sp³-hybridized carbons (Fsp3) is 0.371. The number of halogens is 2. The van der Waals surface area contributed by atoms with E-state index in [0.29, 0.717) is 5.75 Å². The predicted octanol–water partition coefficient (Wildman–Crippen LogP) is 3.62. The summed E-state index contributed by atoms with van der Waals surface area (Å²) in [4.78, 5) is 43.0. The predicted molar refractivity (Wildman–Crippen MR) is 192 cm³/mol. The van der Waals surface area contributed by atoms with Gasteiger partial charge in [0.15, 0.2) is 0 Å². The minimum Gasteiger partial charge on any atom is -0.491 e. The fourth-order valence-corrected chi connectivity index (χ4v) is 6.24. The summed E-state index contributed by atoms with van der Waals surface area (Å²) in [5.41, 5.74) is 2.95. The minimum atomic E-state index is -4.64. The van der Waals surface area contributed by atoms with E-state index in [0.717, 1.165) is 55.7 Å². The molecule has 3 N–H and O–H groups in total. The van der Waals surface area contributed by atoms with Crippen LogP contribution in [-0.2, 0) is 26.4 Å². The number of benzene rings is 3. The monoisotopic (exact) mass is 770 g/mol. The average Bonchev–Trinajstić information content (AvgIpc) is 3.91. The van der Waals surface area contributed by atoms with Gasteiger partial charge in [-0.3, -0.25) is 0 Å². The molecule has 0 aliphatic carbocycles. The summed E-state index contributed by atoms with van der Waals surface area (Å²) in [5, 5.41) is 8.39. The van der Waals surface area contributed by atoms with E-state index in [9.17, 15) is 13.6 Å². The average molecular weight is 771 g/mol. The molecule has 2 saturated heterocycles. The van der Waals surface area contributed by atoms with E-state index in [1.54, 1.807) is 10.9 Å². The summed E-state index contributed by atoms with van der Waals surface area (Å²) < 4.78 is 60.3. The topological polar surface area (TPSA) is 182 Å². The second-order valence-corrected chi connectivity index (χ2v) is 13.8. The van der Waals surface area contributed by atoms with Crippen molar-refractivity contribution < 1.29 is 42.2 Å². The minimum absolute atomic E-state index is 0.0334. The first-order valence-corrected chi connectivity index (χ1v) is 18.8. The Morgan fingerprint density at radius 3 is 2.11 bits per heavy atom. The number of ether oxygens (including phenoxy) is 3. The van der Waals surface area contributed by atoms with Crippen molar-refractivity contribution in [3.05, 3.63) is 113 Å². The lowest BCUT2D eigenvalue weighted by Crippen LogP contribution is -2.46. The van der Waals surface area contributed by atoms with Crippen molar-refractivity contribution in [2.45, 2.75) is 44.7 Å². The van der Waals surface area contributed by atoms with Crippen molar-refractivity contribution in [2.75, 3.05) is 49.2 Å². The molecule has 4 heterocycles. The molecule has 0 spiro atoms. The van der Waals surface area contributed by atoms with Gasteiger partial charge in [0.2, 0.25) is 5.79 Å². The fourth-order valence-electron chi connectivity index (χ4n) is 6.24. The van der Waals surface area contributed by atoms with Crippen LogP contribution in [0.3, 0.4) is 0 Å². The lowest BCUT2D eigenvalue weighted by Gasteiger charge is -2.37. The largest absolute Gasteiger partial charge is 0.491 e. The van der Waals surface area contributed by atoms with E-state index in [4.69, 9.17) is 33.5 Å². The molecule has 54 heavy (non-hydrogen) atoms. The van der Waals surface area contributed by atoms with Crippen LogP contribution in [-0.4, -0.2) is 89.3 Å². The molecule has 2 fully saturated rings. The maximum Gasteiger partial charge on any atom is 0.466 e. The van der Waals surface area contributed by atoms with Crippen molar-refractivity contribution in [3.8, 4) is 11.4 Å². The molecular formula is C35H41F2N8O8P. The van der Waals surface area contributed by atoms with Crippen LogP contribution in [0.25, 0.3) is 5.69 Å². The summed E-state index contributed by atoms with van der Waals surface area (Å²) >= 11 is 0. The van der Waals surface area contributed by atoms with E-state index >= 15 is 0 Å². The third-order valence-electron chi connectivity index (χ3n) is 9.15. The Kier molecular flexibility index (Phi) is 11.9. The van der Waals surface area contributed by atoms with Gasteiger partial charge < -0.3 is 38.7 Å². The van der Waals surface area contributed by atoms with Gasteiger partial charge in [-0.2, -0.15) is 10.2 Å². The molecule has 0 unspecified atom stereocenters. The highest BCUT2D eigenvalue weighted by Gasteiger charge is 2.46. The number of rotatable bonds is 11. The van der Waals surface area contributed by atoms with E-state index < -0.39 is 31.3 Å². The Balaban J connectivity index is 0.000000934. The third-order valence-corrected chi connectivity index (χ3v) is 9.15. The maximum absolute atomic E-state index is 14.9. The number of nitrogens with zero attached hydrogens (tertiary/aromatic N) is 8. The zero-order valence-corrected chi connectivity index (χ0v) is 30.5. The van der Waals surface area contributed by atoms with E-state index in [1.165, 1.54) is 34.2 Å². The highest BCUT2D eigenvalue weighted by Crippen LogP contribution is 2.38. The first kappa shape index (κ1) is 38.7. The van der Waals surface area contributed by atoms with Crippen LogP contribution in [0.1, 0.15) is 31.9 Å². The third kappa shape index (κ3) is 9.39. The lowest BCUT2D eigenvalue weighted by molar-refractivity contribution is -0.192. The van der Waals surface area contributed by atoms with Crippen LogP contribution < -0.4 is 20.2 Å². The van der Waals surface area contributed by atoms with Crippen molar-refractivity contribution in [1.29, 1.82) is 0 Å². The summed E-state index contributed by atoms with van der Waals surface area (Å²) in [7, 11) is -4.64. The molecule has 0 radical (unpaired) electrons. The Labute approximate surface area is 309 Å². The van der Waals surface area contributed by atoms with Crippen molar-refractivity contribution in [3.63, 3.8) is 0 Å². The number of phosphoric acid groups is 1. The van der Waals surface area contributed by atoms with Crippen molar-refractivity contribution in [1.82, 2.24) is 29.1 Å². The molecule has 2 aromatic heterocycles. The SMILES string of the molecule is CC[C@H](C)n1ncn(-c2ccc(N3CCN(c4ccc(OC[C@H]5CO[C@](Cn6cncn6)(c6ccc(F)cc6F)O5)cc4)CC3)cc2)c1=O.O=P(O)(O)O. The zero-order valence-electron chi connectivity index (χ0n) is 29.6. The number of anilines is 2. The first-order valence-electron chi connectivity index (χ1n) is 17.2. The molecule has 19 heteroatoms. The van der Waals surface area contributed by atoms with Gasteiger partial charge in [-0.15, -0.1) is 0 Å². The summed E-state index contributed by atoms with van der Waals surface area (Å²) in [6.07, 6.45) is 4.77. The first-order chi connectivity index (χ1) is 25.8. The van der Waals surface area contributed by atoms with Crippen molar-refractivity contribution in [2.24, 2.45) is 0 Å². The van der Waals surface area contributed by atoms with E-state index in [2.05, 4.69) is 37.1 Å². The molecule has 2 aliphatic rings. The smallest absolute Gasteiger partial charge is 0.466 e. The van der Waals surface area contributed by atoms with Gasteiger partial charge in [0.25, 0.3) is 0 Å². The molecule has 7 rings (SSSR count). The zero-order chi connectivity index (χ0) is 38.5. The molecule has 5 aromatic rings. The standard InChI is InChI=1S/C35H38F2N8O4.H3O4P/c1-3-25(2)45-34(46)44(24-40-45)29-7-5-27(6-8-29)41-14-16-42(17-15-41)28-9-11-30(12-10-28)47-19-31-20-48-35(49-31,21-43-23-38-22-39-43)32-13-4-26(36)18-33(32)37;1-5(2,3)4/h4-13,18,22-25,31H,3,14-17,19-21H2,1-2H3;(H3,1,2,3,4)/t25-,31-,35-;/m0./s1. The number of hydrogen-bond acceptors (Lipinski definition) is 10. The molecule has 0 saturated carbocycles. The van der Waals surface area contributed by atoms with Gasteiger partial charge in [0, 0.05) is 49.2 Å². The van der Waals surface area contributed by atoms with Crippen LogP contribution in [0.4, 0.5) is 20.2 Å². The van der Waals surface area contributed by atoms with Crippen LogP contribution in [0.15, 0.2) is 90.5 Å². The summed E-state index contributed by atoms with van der Waals surface area (Å²) in [5.74, 6) is -2.30. The Morgan fingerprint density at radius 1 is 0.926 bits per heavy atom. The van der Waals surface area contributed by atoms with Gasteiger partial charge in [-0.05, 0) is 74.0 Å². The van der Waals surface area contributed by atoms with Crippen LogP contribution in [0.5, 0.6) is 5.75 Å². The highest BCUT2D eigenvalue weighted by molar-refractivity contribution is 7.45. The van der Waals surface area contributed by atoms with Crippen LogP contribution in [0.2, 0.25) is 0 Å². The Hall–Kier alpha value is -4.97. The quantitative estimate of drug-likeness (QED) is 0.166. The highest BCUT2D eigenvalue weighted by atomic mass is 31.2. The van der Waals surface area contributed by atoms with Gasteiger partial charge in [0.1, 0.15) is 55.6 Å². The van der Waals surface area contributed by atoms with Gasteiger partial charge >= 0.3 is 13.5 Å². The van der Waals surface area contributed by atoms with E-state index in [-0.39, 0.29) is 37.1 Å². The van der Waals surface area contributed by atoms with Gasteiger partial charge in [0.05, 0.1) is 18.3 Å². The molecule has 3 atom stereocenters. The number of aromatic nitrogens is 6. The summed E-state index contributed by atoms with van der Waals surface area (Å²) in [6.45, 7) is 7.80. The molecule has 288 valence electrons. The Morgan fingerprint density at radius 2 is 1.54 bits per heavy atom. The van der Waals surface area contributed by atoms with E-state index in [1.807, 2.05) is 50.2 Å². The van der Waals surface area contributed by atoms with Crippen LogP contribution in [0, 0.1) is 11.6 Å². The Bertz CT molecular complexity index is 2080. The maximum atomic E-state index is 14.9. The molecular weight excluding hydrogens is 729 g/mol. The van der Waals surface area contributed by atoms with Crippen molar-refractivity contribution >= 4 is 19.2 Å². The van der Waals surface area contributed by atoms with Gasteiger partial charge in [-0.25, -0.2) is 37.1 Å². The molecule has 16 nitrogen and oxygen atoms in total. The molecule has 0 amide bonds. The number of hydrogen-bond donors (Lipinski definition) is 3. The molecule has 2 aliphatic heterocycles. The van der Waals surface area contributed by atoms with Crippen LogP contribution >= 0.6 is 7.82 Å². The number of piperazine rings is 1. The summed E-state index contributed by atoms with van der Waals surface area (Å²) in [6, 6.07) is 19.3. The molecule has 3 aromatic carbocycles. The normalized spacial score (nSPS) is 19.4. The second-order valence-electron chi connectivity index (χ2n) is 12.8. The second kappa shape index (κ2) is 16.6.